The molecule has 1 spiro atoms. The zero-order valence-corrected chi connectivity index (χ0v) is 21.2. The van der Waals surface area contributed by atoms with Gasteiger partial charge >= 0.3 is 0 Å². The van der Waals surface area contributed by atoms with Crippen molar-refractivity contribution in [2.45, 2.75) is 32.1 Å². The standard InChI is InChI=1S/C27H30N4O4S/c1-34-22-5-3-21(4-6-22)26-28-23(35-29-26)7-9-25(33)31-16-13-27(19-31)11-14-30(15-12-27)24(32)8-2-20-10-17-36-18-20/h2-6,8,10,17-18H,7,9,11-16,19H2,1H3/b8-2+. The molecule has 8 nitrogen and oxygen atoms in total. The highest BCUT2D eigenvalue weighted by Gasteiger charge is 2.42. The minimum Gasteiger partial charge on any atom is -0.497 e. The maximum absolute atomic E-state index is 12.9. The summed E-state index contributed by atoms with van der Waals surface area (Å²) >= 11 is 1.62. The maximum atomic E-state index is 12.9. The molecule has 1 aromatic carbocycles. The van der Waals surface area contributed by atoms with Crippen molar-refractivity contribution in [2.24, 2.45) is 5.41 Å². The highest BCUT2D eigenvalue weighted by molar-refractivity contribution is 7.08. The second kappa shape index (κ2) is 10.7. The van der Waals surface area contributed by atoms with E-state index in [1.165, 1.54) is 0 Å². The molecular weight excluding hydrogens is 476 g/mol. The predicted octanol–water partition coefficient (Wildman–Crippen LogP) is 4.29. The molecule has 2 aromatic heterocycles. The number of aryl methyl sites for hydroxylation is 1. The van der Waals surface area contributed by atoms with E-state index in [0.717, 1.165) is 62.3 Å². The quantitative estimate of drug-likeness (QED) is 0.444. The van der Waals surface area contributed by atoms with Gasteiger partial charge in [-0.05, 0) is 77.4 Å². The minimum atomic E-state index is 0.0653. The van der Waals surface area contributed by atoms with Gasteiger partial charge in [-0.25, -0.2) is 0 Å². The van der Waals surface area contributed by atoms with Gasteiger partial charge in [-0.3, -0.25) is 9.59 Å². The number of rotatable bonds is 7. The molecule has 0 N–H and O–H groups in total. The zero-order valence-electron chi connectivity index (χ0n) is 20.4. The minimum absolute atomic E-state index is 0.0653. The van der Waals surface area contributed by atoms with Gasteiger partial charge in [0.1, 0.15) is 5.75 Å². The fourth-order valence-electron chi connectivity index (χ4n) is 4.99. The number of hydrogen-bond acceptors (Lipinski definition) is 7. The summed E-state index contributed by atoms with van der Waals surface area (Å²) in [6.45, 7) is 3.02. The van der Waals surface area contributed by atoms with Crippen molar-refractivity contribution in [1.29, 1.82) is 0 Å². The molecule has 3 aromatic rings. The molecule has 0 bridgehead atoms. The number of thiophene rings is 1. The monoisotopic (exact) mass is 506 g/mol. The third-order valence-electron chi connectivity index (χ3n) is 7.26. The molecule has 0 unspecified atom stereocenters. The van der Waals surface area contributed by atoms with Crippen LogP contribution in [-0.2, 0) is 16.0 Å². The first-order chi connectivity index (χ1) is 17.5. The van der Waals surface area contributed by atoms with Crippen LogP contribution in [0.4, 0.5) is 0 Å². The summed E-state index contributed by atoms with van der Waals surface area (Å²) in [6.07, 6.45) is 7.17. The van der Waals surface area contributed by atoms with E-state index >= 15 is 0 Å². The number of aromatic nitrogens is 2. The van der Waals surface area contributed by atoms with Gasteiger partial charge in [0.15, 0.2) is 0 Å². The Balaban J connectivity index is 1.08. The Kier molecular flexibility index (Phi) is 7.18. The number of likely N-dealkylation sites (tertiary alicyclic amines) is 2. The Hall–Kier alpha value is -3.46. The smallest absolute Gasteiger partial charge is 0.246 e. The van der Waals surface area contributed by atoms with Crippen molar-refractivity contribution < 1.29 is 18.8 Å². The molecule has 2 amide bonds. The molecule has 2 aliphatic heterocycles. The van der Waals surface area contributed by atoms with Crippen LogP contribution < -0.4 is 4.74 Å². The number of carbonyl (C=O) groups excluding carboxylic acids is 2. The zero-order chi connectivity index (χ0) is 25.0. The predicted molar refractivity (Wildman–Crippen MR) is 137 cm³/mol. The van der Waals surface area contributed by atoms with Crippen molar-refractivity contribution in [2.75, 3.05) is 33.3 Å². The first kappa shape index (κ1) is 24.2. The van der Waals surface area contributed by atoms with Crippen LogP contribution in [-0.4, -0.2) is 65.0 Å². The topological polar surface area (TPSA) is 88.8 Å². The van der Waals surface area contributed by atoms with Gasteiger partial charge in [0.2, 0.25) is 23.5 Å². The average molecular weight is 507 g/mol. The van der Waals surface area contributed by atoms with Crippen LogP contribution in [0.2, 0.25) is 0 Å². The molecular formula is C27H30N4O4S. The summed E-state index contributed by atoms with van der Waals surface area (Å²) in [6, 6.07) is 9.45. The highest BCUT2D eigenvalue weighted by Crippen LogP contribution is 2.40. The van der Waals surface area contributed by atoms with E-state index < -0.39 is 0 Å². The van der Waals surface area contributed by atoms with Gasteiger partial charge in [-0.15, -0.1) is 0 Å². The van der Waals surface area contributed by atoms with Crippen LogP contribution >= 0.6 is 11.3 Å². The molecule has 0 aliphatic carbocycles. The SMILES string of the molecule is COc1ccc(-c2noc(CCC(=O)N3CCC4(CCN(C(=O)/C=C/c5ccsc5)CC4)C3)n2)cc1. The van der Waals surface area contributed by atoms with E-state index in [2.05, 4.69) is 10.1 Å². The second-order valence-corrected chi connectivity index (χ2v) is 10.3. The Labute approximate surface area is 214 Å². The van der Waals surface area contributed by atoms with Crippen molar-refractivity contribution in [1.82, 2.24) is 19.9 Å². The average Bonchev–Trinajstić information content (AvgIpc) is 3.68. The van der Waals surface area contributed by atoms with Crippen LogP contribution in [0.15, 0.2) is 51.7 Å². The van der Waals surface area contributed by atoms with E-state index in [1.54, 1.807) is 24.5 Å². The summed E-state index contributed by atoms with van der Waals surface area (Å²) < 4.78 is 10.5. The van der Waals surface area contributed by atoms with E-state index in [1.807, 2.05) is 57.0 Å². The van der Waals surface area contributed by atoms with Crippen LogP contribution in [0.1, 0.15) is 37.1 Å². The molecule has 2 aliphatic rings. The van der Waals surface area contributed by atoms with Gasteiger partial charge < -0.3 is 19.1 Å². The fraction of sp³-hybridized carbons (Fsp3) is 0.407. The lowest BCUT2D eigenvalue weighted by molar-refractivity contribution is -0.132. The van der Waals surface area contributed by atoms with Crippen molar-refractivity contribution in [3.8, 4) is 17.1 Å². The van der Waals surface area contributed by atoms with Crippen LogP contribution in [0.25, 0.3) is 17.5 Å². The number of hydrogen-bond donors (Lipinski definition) is 0. The van der Waals surface area contributed by atoms with Gasteiger partial charge in [-0.2, -0.15) is 16.3 Å². The number of nitrogens with zero attached hydrogens (tertiary/aromatic N) is 4. The lowest BCUT2D eigenvalue weighted by atomic mass is 9.78. The lowest BCUT2D eigenvalue weighted by Crippen LogP contribution is -2.44. The first-order valence-corrected chi connectivity index (χ1v) is 13.2. The largest absolute Gasteiger partial charge is 0.497 e. The first-order valence-electron chi connectivity index (χ1n) is 12.3. The Bertz CT molecular complexity index is 1210. The van der Waals surface area contributed by atoms with Crippen molar-refractivity contribution in [3.63, 3.8) is 0 Å². The molecule has 0 saturated carbocycles. The summed E-state index contributed by atoms with van der Waals surface area (Å²) in [5.41, 5.74) is 2.02. The molecule has 36 heavy (non-hydrogen) atoms. The molecule has 2 saturated heterocycles. The van der Waals surface area contributed by atoms with Crippen molar-refractivity contribution >= 4 is 29.2 Å². The highest BCUT2D eigenvalue weighted by atomic mass is 32.1. The number of benzene rings is 1. The van der Waals surface area contributed by atoms with Gasteiger partial charge in [0, 0.05) is 50.7 Å². The summed E-state index contributed by atoms with van der Waals surface area (Å²) in [5.74, 6) is 1.92. The van der Waals surface area contributed by atoms with Crippen molar-refractivity contribution in [3.05, 3.63) is 58.6 Å². The number of carbonyl (C=O) groups is 2. The number of methoxy groups -OCH3 is 1. The number of piperidine rings is 1. The third kappa shape index (κ3) is 5.51. The molecule has 2 fully saturated rings. The molecule has 9 heteroatoms. The number of amides is 2. The summed E-state index contributed by atoms with van der Waals surface area (Å²) in [5, 5.41) is 8.08. The normalized spacial score (nSPS) is 17.2. The van der Waals surface area contributed by atoms with E-state index in [0.29, 0.717) is 24.6 Å². The second-order valence-electron chi connectivity index (χ2n) is 9.52. The Morgan fingerprint density at radius 1 is 1.11 bits per heavy atom. The van der Waals surface area contributed by atoms with Crippen LogP contribution in [0.5, 0.6) is 5.75 Å². The molecule has 0 atom stereocenters. The molecule has 188 valence electrons. The van der Waals surface area contributed by atoms with E-state index in [-0.39, 0.29) is 17.2 Å². The van der Waals surface area contributed by atoms with Crippen LogP contribution in [0, 0.1) is 5.41 Å². The van der Waals surface area contributed by atoms with E-state index in [4.69, 9.17) is 9.26 Å². The van der Waals surface area contributed by atoms with Gasteiger partial charge in [0.25, 0.3) is 0 Å². The van der Waals surface area contributed by atoms with E-state index in [9.17, 15) is 9.59 Å². The summed E-state index contributed by atoms with van der Waals surface area (Å²) in [7, 11) is 1.62. The lowest BCUT2D eigenvalue weighted by Gasteiger charge is -2.39. The molecule has 4 heterocycles. The van der Waals surface area contributed by atoms with Gasteiger partial charge in [0.05, 0.1) is 7.11 Å². The maximum Gasteiger partial charge on any atom is 0.246 e. The third-order valence-corrected chi connectivity index (χ3v) is 7.96. The van der Waals surface area contributed by atoms with Crippen LogP contribution in [0.3, 0.4) is 0 Å². The Morgan fingerprint density at radius 2 is 1.86 bits per heavy atom. The molecule has 0 radical (unpaired) electrons. The van der Waals surface area contributed by atoms with Gasteiger partial charge in [-0.1, -0.05) is 5.16 Å². The summed E-state index contributed by atoms with van der Waals surface area (Å²) in [4.78, 5) is 33.8. The fourth-order valence-corrected chi connectivity index (χ4v) is 5.61. The Morgan fingerprint density at radius 3 is 2.56 bits per heavy atom. The number of ether oxygens (including phenoxy) is 1. The molecule has 5 rings (SSSR count).